The van der Waals surface area contributed by atoms with Crippen LogP contribution in [0.1, 0.15) is 11.1 Å². The maximum atomic E-state index is 12.2. The summed E-state index contributed by atoms with van der Waals surface area (Å²) in [5.41, 5.74) is 2.28. The molecule has 0 aliphatic carbocycles. The van der Waals surface area contributed by atoms with Crippen LogP contribution in [0.15, 0.2) is 59.4 Å². The average Bonchev–Trinajstić information content (AvgIpc) is 2.61. The van der Waals surface area contributed by atoms with Crippen molar-refractivity contribution < 1.29 is 9.53 Å². The van der Waals surface area contributed by atoms with Crippen molar-refractivity contribution in [2.24, 2.45) is 0 Å². The molecule has 1 amide bonds. The Morgan fingerprint density at radius 1 is 1.12 bits per heavy atom. The molecule has 1 heterocycles. The van der Waals surface area contributed by atoms with E-state index in [-0.39, 0.29) is 24.6 Å². The molecule has 25 heavy (non-hydrogen) atoms. The van der Waals surface area contributed by atoms with E-state index >= 15 is 0 Å². The smallest absolute Gasteiger partial charge is 0.260 e. The van der Waals surface area contributed by atoms with Gasteiger partial charge in [-0.15, -0.1) is 0 Å². The molecule has 2 aromatic carbocycles. The second-order valence-corrected chi connectivity index (χ2v) is 6.07. The number of fused-ring (bicyclic) bond motifs is 1. The standard InChI is InChI=1S/C20H20N2O3/c1-14-8-9-18-15(10-14)11-16(20(24)21-18)12-22(2)19(23)13-25-17-6-4-3-5-7-17/h3-11H,12-13H2,1-2H3,(H,21,24). The quantitative estimate of drug-likeness (QED) is 0.779. The molecule has 0 aliphatic heterocycles. The number of rotatable bonds is 5. The Kier molecular flexibility index (Phi) is 4.84. The SMILES string of the molecule is Cc1ccc2[nH]c(=O)c(CN(C)C(=O)COc3ccccc3)cc2c1. The molecule has 0 fully saturated rings. The van der Waals surface area contributed by atoms with E-state index in [9.17, 15) is 9.59 Å². The number of amides is 1. The van der Waals surface area contributed by atoms with Crippen molar-refractivity contribution in [2.75, 3.05) is 13.7 Å². The number of ether oxygens (including phenoxy) is 1. The number of aromatic amines is 1. The van der Waals surface area contributed by atoms with Gasteiger partial charge in [-0.2, -0.15) is 0 Å². The summed E-state index contributed by atoms with van der Waals surface area (Å²) in [5.74, 6) is 0.455. The zero-order valence-corrected chi connectivity index (χ0v) is 14.3. The van der Waals surface area contributed by atoms with Crippen molar-refractivity contribution in [3.8, 4) is 5.75 Å². The van der Waals surface area contributed by atoms with Gasteiger partial charge in [0.25, 0.3) is 11.5 Å². The summed E-state index contributed by atoms with van der Waals surface area (Å²) in [5, 5.41) is 0.955. The number of aromatic nitrogens is 1. The summed E-state index contributed by atoms with van der Waals surface area (Å²) >= 11 is 0. The number of carbonyl (C=O) groups excluding carboxylic acids is 1. The molecule has 128 valence electrons. The second-order valence-electron chi connectivity index (χ2n) is 6.07. The maximum absolute atomic E-state index is 12.2. The predicted molar refractivity (Wildman–Crippen MR) is 97.7 cm³/mol. The first-order valence-electron chi connectivity index (χ1n) is 8.07. The van der Waals surface area contributed by atoms with E-state index < -0.39 is 0 Å². The topological polar surface area (TPSA) is 62.4 Å². The van der Waals surface area contributed by atoms with Crippen LogP contribution >= 0.6 is 0 Å². The van der Waals surface area contributed by atoms with Crippen molar-refractivity contribution in [3.05, 3.63) is 76.1 Å². The van der Waals surface area contributed by atoms with Gasteiger partial charge in [0.2, 0.25) is 0 Å². The van der Waals surface area contributed by atoms with Gasteiger partial charge in [-0.1, -0.05) is 29.8 Å². The molecule has 5 nitrogen and oxygen atoms in total. The fourth-order valence-electron chi connectivity index (χ4n) is 2.60. The van der Waals surface area contributed by atoms with Crippen LogP contribution in [0.3, 0.4) is 0 Å². The van der Waals surface area contributed by atoms with Gasteiger partial charge in [-0.25, -0.2) is 0 Å². The molecule has 0 saturated heterocycles. The zero-order chi connectivity index (χ0) is 17.8. The molecule has 0 spiro atoms. The van der Waals surface area contributed by atoms with Gasteiger partial charge >= 0.3 is 0 Å². The number of hydrogen-bond acceptors (Lipinski definition) is 3. The van der Waals surface area contributed by atoms with Gasteiger partial charge in [0.05, 0.1) is 6.54 Å². The highest BCUT2D eigenvalue weighted by atomic mass is 16.5. The van der Waals surface area contributed by atoms with Crippen LogP contribution in [0.4, 0.5) is 0 Å². The molecule has 0 saturated carbocycles. The van der Waals surface area contributed by atoms with Crippen molar-refractivity contribution in [3.63, 3.8) is 0 Å². The summed E-state index contributed by atoms with van der Waals surface area (Å²) < 4.78 is 5.47. The van der Waals surface area contributed by atoms with E-state index in [1.165, 1.54) is 4.90 Å². The highest BCUT2D eigenvalue weighted by molar-refractivity contribution is 5.80. The van der Waals surface area contributed by atoms with Crippen LogP contribution < -0.4 is 10.3 Å². The largest absolute Gasteiger partial charge is 0.484 e. The molecular formula is C20H20N2O3. The Morgan fingerprint density at radius 2 is 1.88 bits per heavy atom. The lowest BCUT2D eigenvalue weighted by Gasteiger charge is -2.17. The number of nitrogens with one attached hydrogen (secondary N) is 1. The molecule has 0 atom stereocenters. The molecule has 5 heteroatoms. The first kappa shape index (κ1) is 16.8. The maximum Gasteiger partial charge on any atom is 0.260 e. The lowest BCUT2D eigenvalue weighted by Crippen LogP contribution is -2.33. The van der Waals surface area contributed by atoms with E-state index in [4.69, 9.17) is 4.74 Å². The number of para-hydroxylation sites is 1. The first-order chi connectivity index (χ1) is 12.0. The van der Waals surface area contributed by atoms with Crippen LogP contribution in [0, 0.1) is 6.92 Å². The number of likely N-dealkylation sites (N-methyl/N-ethyl adjacent to an activating group) is 1. The van der Waals surface area contributed by atoms with Gasteiger partial charge in [0.15, 0.2) is 6.61 Å². The Labute approximate surface area is 145 Å². The van der Waals surface area contributed by atoms with E-state index in [1.54, 1.807) is 19.2 Å². The molecule has 0 unspecified atom stereocenters. The lowest BCUT2D eigenvalue weighted by atomic mass is 10.1. The predicted octanol–water partition coefficient (Wildman–Crippen LogP) is 2.87. The number of benzene rings is 2. The third-order valence-electron chi connectivity index (χ3n) is 4.02. The number of nitrogens with zero attached hydrogens (tertiary/aromatic N) is 1. The van der Waals surface area contributed by atoms with Crippen LogP contribution in [0.2, 0.25) is 0 Å². The molecule has 3 rings (SSSR count). The van der Waals surface area contributed by atoms with E-state index in [0.717, 1.165) is 16.5 Å². The Bertz CT molecular complexity index is 948. The molecule has 0 aliphatic rings. The van der Waals surface area contributed by atoms with Gasteiger partial charge in [-0.05, 0) is 42.6 Å². The summed E-state index contributed by atoms with van der Waals surface area (Å²) in [4.78, 5) is 28.8. The van der Waals surface area contributed by atoms with Crippen LogP contribution in [0.25, 0.3) is 10.9 Å². The molecule has 0 radical (unpaired) electrons. The summed E-state index contributed by atoms with van der Waals surface area (Å²) in [6, 6.07) is 16.9. The number of carbonyl (C=O) groups is 1. The summed E-state index contributed by atoms with van der Waals surface area (Å²) in [7, 11) is 1.66. The Balaban J connectivity index is 1.70. The van der Waals surface area contributed by atoms with Crippen molar-refractivity contribution in [1.82, 2.24) is 9.88 Å². The summed E-state index contributed by atoms with van der Waals surface area (Å²) in [6.07, 6.45) is 0. The number of pyridine rings is 1. The lowest BCUT2D eigenvalue weighted by molar-refractivity contribution is -0.132. The zero-order valence-electron chi connectivity index (χ0n) is 14.3. The minimum absolute atomic E-state index is 0.0644. The van der Waals surface area contributed by atoms with E-state index in [2.05, 4.69) is 4.98 Å². The van der Waals surface area contributed by atoms with Gasteiger partial charge in [0, 0.05) is 18.1 Å². The van der Waals surface area contributed by atoms with Crippen LogP contribution in [-0.2, 0) is 11.3 Å². The number of hydrogen-bond donors (Lipinski definition) is 1. The highest BCUT2D eigenvalue weighted by Gasteiger charge is 2.13. The molecule has 0 bridgehead atoms. The third-order valence-corrected chi connectivity index (χ3v) is 4.02. The third kappa shape index (κ3) is 4.07. The average molecular weight is 336 g/mol. The molecule has 3 aromatic rings. The Morgan fingerprint density at radius 3 is 2.64 bits per heavy atom. The van der Waals surface area contributed by atoms with Crippen LogP contribution in [0.5, 0.6) is 5.75 Å². The van der Waals surface area contributed by atoms with Gasteiger partial charge < -0.3 is 14.6 Å². The fraction of sp³-hybridized carbons (Fsp3) is 0.200. The van der Waals surface area contributed by atoms with E-state index in [0.29, 0.717) is 11.3 Å². The van der Waals surface area contributed by atoms with Crippen LogP contribution in [-0.4, -0.2) is 29.4 Å². The molecule has 1 N–H and O–H groups in total. The van der Waals surface area contributed by atoms with Crippen molar-refractivity contribution in [1.29, 1.82) is 0 Å². The Hall–Kier alpha value is -3.08. The van der Waals surface area contributed by atoms with E-state index in [1.807, 2.05) is 49.4 Å². The van der Waals surface area contributed by atoms with Crippen molar-refractivity contribution >= 4 is 16.8 Å². The fourth-order valence-corrected chi connectivity index (χ4v) is 2.60. The van der Waals surface area contributed by atoms with Gasteiger partial charge in [0.1, 0.15) is 5.75 Å². The molecule has 1 aromatic heterocycles. The molecular weight excluding hydrogens is 316 g/mol. The number of H-pyrrole nitrogens is 1. The highest BCUT2D eigenvalue weighted by Crippen LogP contribution is 2.14. The number of aryl methyl sites for hydroxylation is 1. The second kappa shape index (κ2) is 7.21. The monoisotopic (exact) mass is 336 g/mol. The minimum Gasteiger partial charge on any atom is -0.484 e. The summed E-state index contributed by atoms with van der Waals surface area (Å²) in [6.45, 7) is 2.17. The van der Waals surface area contributed by atoms with Gasteiger partial charge in [-0.3, -0.25) is 9.59 Å². The van der Waals surface area contributed by atoms with Crippen molar-refractivity contribution in [2.45, 2.75) is 13.5 Å². The first-order valence-corrected chi connectivity index (χ1v) is 8.07. The minimum atomic E-state index is -0.187. The normalized spacial score (nSPS) is 10.6.